The highest BCUT2D eigenvalue weighted by Gasteiger charge is 2.17. The lowest BCUT2D eigenvalue weighted by molar-refractivity contribution is 0.0209. The summed E-state index contributed by atoms with van der Waals surface area (Å²) in [5, 5.41) is 5.82. The largest absolute Gasteiger partial charge is 0.454 e. The van der Waals surface area contributed by atoms with Crippen molar-refractivity contribution in [2.75, 3.05) is 46.2 Å². The van der Waals surface area contributed by atoms with Crippen LogP contribution in [0.4, 0.5) is 4.79 Å². The molecule has 0 spiro atoms. The molecule has 7 nitrogen and oxygen atoms in total. The molecule has 24 heavy (non-hydrogen) atoms. The molecule has 0 aliphatic carbocycles. The Morgan fingerprint density at radius 3 is 2.83 bits per heavy atom. The predicted molar refractivity (Wildman–Crippen MR) is 89.5 cm³/mol. The minimum atomic E-state index is -0.129. The number of urea groups is 1. The molecule has 132 valence electrons. The average Bonchev–Trinajstić information content (AvgIpc) is 3.08. The van der Waals surface area contributed by atoms with E-state index in [0.29, 0.717) is 19.1 Å². The maximum atomic E-state index is 11.9. The van der Waals surface area contributed by atoms with E-state index in [2.05, 4.69) is 22.5 Å². The minimum Gasteiger partial charge on any atom is -0.454 e. The van der Waals surface area contributed by atoms with Crippen LogP contribution in [0.15, 0.2) is 18.2 Å². The van der Waals surface area contributed by atoms with Crippen molar-refractivity contribution in [3.63, 3.8) is 0 Å². The fourth-order valence-corrected chi connectivity index (χ4v) is 2.87. The van der Waals surface area contributed by atoms with Gasteiger partial charge in [0.25, 0.3) is 0 Å². The van der Waals surface area contributed by atoms with Crippen molar-refractivity contribution >= 4 is 6.03 Å². The van der Waals surface area contributed by atoms with Crippen LogP contribution in [0.1, 0.15) is 12.5 Å². The summed E-state index contributed by atoms with van der Waals surface area (Å²) in [6, 6.07) is 6.04. The number of morpholine rings is 1. The van der Waals surface area contributed by atoms with Crippen LogP contribution in [0, 0.1) is 0 Å². The van der Waals surface area contributed by atoms with Crippen LogP contribution in [-0.2, 0) is 11.2 Å². The normalized spacial score (nSPS) is 18.2. The molecule has 1 saturated heterocycles. The molecule has 2 N–H and O–H groups in total. The summed E-state index contributed by atoms with van der Waals surface area (Å²) >= 11 is 0. The monoisotopic (exact) mass is 335 g/mol. The van der Waals surface area contributed by atoms with Gasteiger partial charge in [-0.25, -0.2) is 4.79 Å². The van der Waals surface area contributed by atoms with Crippen molar-refractivity contribution in [3.8, 4) is 11.5 Å². The number of hydrogen-bond acceptors (Lipinski definition) is 5. The number of nitrogens with one attached hydrogen (secondary N) is 2. The molecule has 2 aliphatic rings. The second kappa shape index (κ2) is 8.21. The van der Waals surface area contributed by atoms with Crippen LogP contribution in [-0.4, -0.2) is 63.2 Å². The summed E-state index contributed by atoms with van der Waals surface area (Å²) in [6.45, 7) is 7.01. The van der Waals surface area contributed by atoms with Crippen LogP contribution < -0.4 is 20.1 Å². The first kappa shape index (κ1) is 16.9. The van der Waals surface area contributed by atoms with Gasteiger partial charge < -0.3 is 24.8 Å². The van der Waals surface area contributed by atoms with E-state index in [-0.39, 0.29) is 12.8 Å². The number of benzene rings is 1. The number of rotatable bonds is 6. The van der Waals surface area contributed by atoms with Gasteiger partial charge in [0, 0.05) is 32.2 Å². The Morgan fingerprint density at radius 1 is 1.21 bits per heavy atom. The van der Waals surface area contributed by atoms with Gasteiger partial charge in [0.2, 0.25) is 6.79 Å². The molecule has 7 heteroatoms. The topological polar surface area (TPSA) is 72.1 Å². The van der Waals surface area contributed by atoms with Crippen LogP contribution >= 0.6 is 0 Å². The average molecular weight is 335 g/mol. The quantitative estimate of drug-likeness (QED) is 0.811. The number of nitrogens with zero attached hydrogens (tertiary/aromatic N) is 1. The zero-order chi connectivity index (χ0) is 16.8. The summed E-state index contributed by atoms with van der Waals surface area (Å²) < 4.78 is 16.0. The van der Waals surface area contributed by atoms with Gasteiger partial charge in [0.1, 0.15) is 0 Å². The van der Waals surface area contributed by atoms with Crippen LogP contribution in [0.25, 0.3) is 0 Å². The molecule has 0 aromatic heterocycles. The van der Waals surface area contributed by atoms with E-state index in [0.717, 1.165) is 49.8 Å². The highest BCUT2D eigenvalue weighted by atomic mass is 16.7. The lowest BCUT2D eigenvalue weighted by Gasteiger charge is -2.32. The molecule has 1 atom stereocenters. The predicted octanol–water partition coefficient (Wildman–Crippen LogP) is 0.978. The first-order valence-corrected chi connectivity index (χ1v) is 8.44. The Labute approximate surface area is 142 Å². The van der Waals surface area contributed by atoms with Crippen LogP contribution in [0.5, 0.6) is 11.5 Å². The second-order valence-corrected chi connectivity index (χ2v) is 6.07. The zero-order valence-corrected chi connectivity index (χ0v) is 14.0. The van der Waals surface area contributed by atoms with Gasteiger partial charge in [0.15, 0.2) is 11.5 Å². The third-order valence-electron chi connectivity index (χ3n) is 4.36. The number of ether oxygens (including phenoxy) is 3. The molecule has 0 bridgehead atoms. The standard InChI is InChI=1S/C17H25N3O4/c1-13(20-6-8-22-9-7-20)11-19-17(21)18-5-4-14-2-3-15-16(10-14)24-12-23-15/h2-3,10,13H,4-9,11-12H2,1H3,(H2,18,19,21)/t13-/m0/s1. The molecule has 2 aliphatic heterocycles. The van der Waals surface area contributed by atoms with E-state index in [1.165, 1.54) is 0 Å². The van der Waals surface area contributed by atoms with E-state index in [1.807, 2.05) is 18.2 Å². The molecule has 3 rings (SSSR count). The number of amides is 2. The number of fused-ring (bicyclic) bond motifs is 1. The third kappa shape index (κ3) is 4.52. The van der Waals surface area contributed by atoms with Crippen LogP contribution in [0.2, 0.25) is 0 Å². The van der Waals surface area contributed by atoms with E-state index in [9.17, 15) is 4.79 Å². The Hall–Kier alpha value is -1.99. The summed E-state index contributed by atoms with van der Waals surface area (Å²) in [6.07, 6.45) is 0.753. The molecule has 0 unspecified atom stereocenters. The Bertz CT molecular complexity index is 561. The molecular weight excluding hydrogens is 310 g/mol. The first-order chi connectivity index (χ1) is 11.7. The molecule has 2 heterocycles. The molecule has 0 saturated carbocycles. The fourth-order valence-electron chi connectivity index (χ4n) is 2.87. The fraction of sp³-hybridized carbons (Fsp3) is 0.588. The lowest BCUT2D eigenvalue weighted by Crippen LogP contribution is -2.49. The number of hydrogen-bond donors (Lipinski definition) is 2. The second-order valence-electron chi connectivity index (χ2n) is 6.07. The maximum Gasteiger partial charge on any atom is 0.314 e. The molecule has 1 aromatic carbocycles. The smallest absolute Gasteiger partial charge is 0.314 e. The molecular formula is C17H25N3O4. The first-order valence-electron chi connectivity index (χ1n) is 8.44. The third-order valence-corrected chi connectivity index (χ3v) is 4.36. The summed E-state index contributed by atoms with van der Waals surface area (Å²) in [5.41, 5.74) is 1.11. The van der Waals surface area contributed by atoms with Gasteiger partial charge >= 0.3 is 6.03 Å². The Kier molecular flexibility index (Phi) is 5.77. The van der Waals surface area contributed by atoms with Crippen molar-refractivity contribution in [3.05, 3.63) is 23.8 Å². The SMILES string of the molecule is C[C@@H](CNC(=O)NCCc1ccc2c(c1)OCO2)N1CCOCC1. The number of carbonyl (C=O) groups excluding carboxylic acids is 1. The summed E-state index contributed by atoms with van der Waals surface area (Å²) in [7, 11) is 0. The van der Waals surface area contributed by atoms with Gasteiger partial charge in [-0.2, -0.15) is 0 Å². The van der Waals surface area contributed by atoms with E-state index in [1.54, 1.807) is 0 Å². The minimum absolute atomic E-state index is 0.129. The lowest BCUT2D eigenvalue weighted by atomic mass is 10.1. The van der Waals surface area contributed by atoms with Crippen molar-refractivity contribution < 1.29 is 19.0 Å². The summed E-state index contributed by atoms with van der Waals surface area (Å²) in [5.74, 6) is 1.55. The van der Waals surface area contributed by atoms with Gasteiger partial charge in [-0.1, -0.05) is 6.07 Å². The van der Waals surface area contributed by atoms with Gasteiger partial charge in [-0.3, -0.25) is 4.90 Å². The zero-order valence-electron chi connectivity index (χ0n) is 14.0. The highest BCUT2D eigenvalue weighted by Crippen LogP contribution is 2.32. The van der Waals surface area contributed by atoms with Crippen molar-refractivity contribution in [1.82, 2.24) is 15.5 Å². The molecule has 1 fully saturated rings. The maximum absolute atomic E-state index is 11.9. The van der Waals surface area contributed by atoms with E-state index < -0.39 is 0 Å². The Balaban J connectivity index is 1.33. The number of carbonyl (C=O) groups is 1. The molecule has 0 radical (unpaired) electrons. The van der Waals surface area contributed by atoms with E-state index >= 15 is 0 Å². The van der Waals surface area contributed by atoms with Crippen molar-refractivity contribution in [1.29, 1.82) is 0 Å². The molecule has 1 aromatic rings. The van der Waals surface area contributed by atoms with Crippen molar-refractivity contribution in [2.45, 2.75) is 19.4 Å². The van der Waals surface area contributed by atoms with Gasteiger partial charge in [-0.15, -0.1) is 0 Å². The molecule has 2 amide bonds. The summed E-state index contributed by atoms with van der Waals surface area (Å²) in [4.78, 5) is 14.2. The van der Waals surface area contributed by atoms with Crippen molar-refractivity contribution in [2.24, 2.45) is 0 Å². The van der Waals surface area contributed by atoms with Gasteiger partial charge in [0.05, 0.1) is 13.2 Å². The Morgan fingerprint density at radius 2 is 2.00 bits per heavy atom. The van der Waals surface area contributed by atoms with Gasteiger partial charge in [-0.05, 0) is 31.0 Å². The van der Waals surface area contributed by atoms with E-state index in [4.69, 9.17) is 14.2 Å². The highest BCUT2D eigenvalue weighted by molar-refractivity contribution is 5.73. The van der Waals surface area contributed by atoms with Crippen LogP contribution in [0.3, 0.4) is 0 Å².